The summed E-state index contributed by atoms with van der Waals surface area (Å²) in [6.07, 6.45) is 2.65. The third-order valence-electron chi connectivity index (χ3n) is 1.85. The van der Waals surface area contributed by atoms with E-state index >= 15 is 0 Å². The summed E-state index contributed by atoms with van der Waals surface area (Å²) in [6, 6.07) is 11.3. The number of rotatable bonds is 2. The van der Waals surface area contributed by atoms with E-state index in [1.54, 1.807) is 13.2 Å². The average Bonchev–Trinajstić information content (AvgIpc) is 2.85. The second-order valence-electron chi connectivity index (χ2n) is 2.65. The fourth-order valence-corrected chi connectivity index (χ4v) is 1.15. The van der Waals surface area contributed by atoms with E-state index in [2.05, 4.69) is 6.26 Å². The Morgan fingerprint density at radius 3 is 2.33 bits per heavy atom. The standard InChI is InChI=1S/C11H9O2.ClH.Zn/c1-12-10-6-4-9(5-7-10)11-3-2-8-13-11;;/h2-7H,1H3;1H;/q-1;;+2/p-1. The molecule has 1 heterocycles. The molecule has 4 heteroatoms. The first-order valence-corrected chi connectivity index (χ1v) is 8.17. The van der Waals surface area contributed by atoms with Crippen LogP contribution in [0.25, 0.3) is 11.3 Å². The van der Waals surface area contributed by atoms with Gasteiger partial charge in [0.1, 0.15) is 5.75 Å². The van der Waals surface area contributed by atoms with E-state index in [0.717, 1.165) is 34.4 Å². The Kier molecular flexibility index (Phi) is 5.45. The van der Waals surface area contributed by atoms with E-state index in [0.29, 0.717) is 0 Å². The van der Waals surface area contributed by atoms with E-state index in [-0.39, 0.29) is 0 Å². The molecule has 15 heavy (non-hydrogen) atoms. The predicted octanol–water partition coefficient (Wildman–Crippen LogP) is 3.44. The van der Waals surface area contributed by atoms with E-state index in [9.17, 15) is 0 Å². The molecule has 0 bridgehead atoms. The average molecular weight is 274 g/mol. The number of hydrogen-bond donors (Lipinski definition) is 0. The first-order chi connectivity index (χ1) is 7.40. The number of halogens is 1. The van der Waals surface area contributed by atoms with Gasteiger partial charge in [0, 0.05) is 0 Å². The molecule has 74 valence electrons. The van der Waals surface area contributed by atoms with Crippen molar-refractivity contribution in [3.05, 3.63) is 42.7 Å². The van der Waals surface area contributed by atoms with Gasteiger partial charge < -0.3 is 9.15 Å². The monoisotopic (exact) mass is 272 g/mol. The Morgan fingerprint density at radius 2 is 1.87 bits per heavy atom. The number of ether oxygens (including phenoxy) is 1. The van der Waals surface area contributed by atoms with Crippen molar-refractivity contribution < 1.29 is 26.5 Å². The Labute approximate surface area is 103 Å². The van der Waals surface area contributed by atoms with Crippen molar-refractivity contribution in [2.75, 3.05) is 7.11 Å². The summed E-state index contributed by atoms with van der Waals surface area (Å²) >= 11 is 0.847. The molecule has 0 aliphatic heterocycles. The van der Waals surface area contributed by atoms with Crippen molar-refractivity contribution in [1.29, 1.82) is 0 Å². The van der Waals surface area contributed by atoms with Crippen LogP contribution in [0.4, 0.5) is 0 Å². The normalized spacial score (nSPS) is 9.07. The fourth-order valence-electron chi connectivity index (χ4n) is 1.15. The molecule has 0 amide bonds. The van der Waals surface area contributed by atoms with Crippen LogP contribution in [0.5, 0.6) is 5.75 Å². The molecular weight excluding hydrogens is 265 g/mol. The van der Waals surface area contributed by atoms with Gasteiger partial charge in [-0.25, -0.2) is 0 Å². The van der Waals surface area contributed by atoms with Crippen molar-refractivity contribution in [3.8, 4) is 17.1 Å². The summed E-state index contributed by atoms with van der Waals surface area (Å²) in [5, 5.41) is 0. The van der Waals surface area contributed by atoms with Crippen LogP contribution < -0.4 is 4.74 Å². The minimum atomic E-state index is 0.822. The second-order valence-corrected chi connectivity index (χ2v) is 2.65. The van der Waals surface area contributed by atoms with Crippen LogP contribution >= 0.6 is 9.69 Å². The molecule has 0 fully saturated rings. The van der Waals surface area contributed by atoms with Gasteiger partial charge in [0.25, 0.3) is 0 Å². The Hall–Kier alpha value is -0.787. The maximum atomic E-state index is 5.13. The van der Waals surface area contributed by atoms with Crippen molar-refractivity contribution in [2.45, 2.75) is 0 Å². The molecule has 0 aliphatic rings. The summed E-state index contributed by atoms with van der Waals surface area (Å²) in [7, 11) is 6.41. The van der Waals surface area contributed by atoms with Crippen molar-refractivity contribution in [2.24, 2.45) is 0 Å². The number of furan rings is 1. The molecule has 1 aromatic carbocycles. The maximum absolute atomic E-state index is 5.13. The van der Waals surface area contributed by atoms with Gasteiger partial charge in [-0.3, -0.25) is 0 Å². The zero-order valence-electron chi connectivity index (χ0n) is 8.37. The SMILES string of the molecule is COc1ccc(-c2cc[c-]o2)cc1.[Cl][Zn+]. The van der Waals surface area contributed by atoms with Crippen LogP contribution in [0.15, 0.2) is 40.8 Å². The molecule has 0 aliphatic carbocycles. The Balaban J connectivity index is 0.000000531. The summed E-state index contributed by atoms with van der Waals surface area (Å²) in [5.41, 5.74) is 1.03. The number of benzene rings is 1. The zero-order valence-corrected chi connectivity index (χ0v) is 12.1. The van der Waals surface area contributed by atoms with E-state index < -0.39 is 0 Å². The second kappa shape index (κ2) is 6.65. The number of methoxy groups -OCH3 is 1. The molecule has 0 radical (unpaired) electrons. The molecule has 0 saturated heterocycles. The predicted molar refractivity (Wildman–Crippen MR) is 55.4 cm³/mol. The molecule has 0 saturated carbocycles. The van der Waals surface area contributed by atoms with Crippen LogP contribution in [0.2, 0.25) is 0 Å². The molecule has 2 aromatic rings. The van der Waals surface area contributed by atoms with E-state index in [1.807, 2.05) is 30.3 Å². The van der Waals surface area contributed by atoms with Crippen LogP contribution in [-0.4, -0.2) is 7.11 Å². The van der Waals surface area contributed by atoms with Gasteiger partial charge in [-0.15, -0.1) is 6.07 Å². The van der Waals surface area contributed by atoms with E-state index in [4.69, 9.17) is 18.8 Å². The summed E-state index contributed by atoms with van der Waals surface area (Å²) in [6.45, 7) is 0. The van der Waals surface area contributed by atoms with Gasteiger partial charge in [0.05, 0.1) is 7.11 Å². The third-order valence-corrected chi connectivity index (χ3v) is 1.85. The zero-order chi connectivity index (χ0) is 11.1. The molecule has 0 N–H and O–H groups in total. The molecular formula is C11H9ClO2Zn. The molecule has 1 aromatic heterocycles. The van der Waals surface area contributed by atoms with Gasteiger partial charge in [-0.2, -0.15) is 6.07 Å². The van der Waals surface area contributed by atoms with Gasteiger partial charge in [0.2, 0.25) is 0 Å². The van der Waals surface area contributed by atoms with Gasteiger partial charge in [-0.1, -0.05) is 17.7 Å². The first kappa shape index (κ1) is 12.3. The fraction of sp³-hybridized carbons (Fsp3) is 0.0909. The topological polar surface area (TPSA) is 22.4 Å². The molecule has 0 spiro atoms. The molecule has 2 nitrogen and oxygen atoms in total. The van der Waals surface area contributed by atoms with Gasteiger partial charge >= 0.3 is 27.0 Å². The van der Waals surface area contributed by atoms with Crippen LogP contribution in [-0.2, 0) is 17.3 Å². The quantitative estimate of drug-likeness (QED) is 0.618. The van der Waals surface area contributed by atoms with Crippen LogP contribution in [0.1, 0.15) is 0 Å². The summed E-state index contributed by atoms with van der Waals surface area (Å²) in [4.78, 5) is 0. The van der Waals surface area contributed by atoms with Crippen LogP contribution in [0, 0.1) is 6.26 Å². The molecule has 2 rings (SSSR count). The third kappa shape index (κ3) is 3.37. The summed E-state index contributed by atoms with van der Waals surface area (Å²) < 4.78 is 10.2. The molecule has 0 atom stereocenters. The minimum absolute atomic E-state index is 0.822. The van der Waals surface area contributed by atoms with Crippen LogP contribution in [0.3, 0.4) is 0 Å². The van der Waals surface area contributed by atoms with Crippen molar-refractivity contribution in [1.82, 2.24) is 0 Å². The Bertz CT molecular complexity index is 370. The number of hydrogen-bond acceptors (Lipinski definition) is 2. The van der Waals surface area contributed by atoms with Crippen molar-refractivity contribution >= 4 is 9.69 Å². The van der Waals surface area contributed by atoms with Gasteiger partial charge in [-0.05, 0) is 24.2 Å². The van der Waals surface area contributed by atoms with Crippen molar-refractivity contribution in [3.63, 3.8) is 0 Å². The van der Waals surface area contributed by atoms with E-state index in [1.165, 1.54) is 0 Å². The first-order valence-electron chi connectivity index (χ1n) is 4.27. The van der Waals surface area contributed by atoms with Gasteiger partial charge in [0.15, 0.2) is 0 Å². The molecule has 0 unspecified atom stereocenters. The Morgan fingerprint density at radius 1 is 1.20 bits per heavy atom. The summed E-state index contributed by atoms with van der Waals surface area (Å²) in [5.74, 6) is 1.67.